The van der Waals surface area contributed by atoms with Gasteiger partial charge in [-0.15, -0.1) is 5.10 Å². The van der Waals surface area contributed by atoms with Gasteiger partial charge in [0.1, 0.15) is 11.5 Å². The van der Waals surface area contributed by atoms with E-state index in [0.717, 1.165) is 18.7 Å². The first-order valence-electron chi connectivity index (χ1n) is 6.38. The number of hydrogen-bond donors (Lipinski definition) is 1. The van der Waals surface area contributed by atoms with Gasteiger partial charge in [0.25, 0.3) is 11.8 Å². The molecule has 1 saturated carbocycles. The Kier molecular flexibility index (Phi) is 3.09. The lowest BCUT2D eigenvalue weighted by Crippen LogP contribution is -2.13. The van der Waals surface area contributed by atoms with E-state index in [4.69, 9.17) is 4.74 Å². The third kappa shape index (κ3) is 2.47. The van der Waals surface area contributed by atoms with E-state index < -0.39 is 0 Å². The smallest absolute Gasteiger partial charge is 0.258 e. The largest absolute Gasteiger partial charge is 0.478 e. The molecule has 0 aliphatic heterocycles. The van der Waals surface area contributed by atoms with Gasteiger partial charge in [-0.1, -0.05) is 0 Å². The molecule has 2 heterocycles. The Morgan fingerprint density at radius 2 is 2.10 bits per heavy atom. The lowest BCUT2D eigenvalue weighted by molar-refractivity contribution is 0.102. The summed E-state index contributed by atoms with van der Waals surface area (Å²) in [5.74, 6) is 1.39. The number of carbonyl (C=O) groups excluding carboxylic acids is 1. The van der Waals surface area contributed by atoms with Crippen LogP contribution in [0.1, 0.15) is 34.9 Å². The highest BCUT2D eigenvalue weighted by Gasteiger charge is 2.26. The number of ether oxygens (including phenoxy) is 1. The summed E-state index contributed by atoms with van der Waals surface area (Å²) in [5, 5.41) is 6.81. The van der Waals surface area contributed by atoms with Gasteiger partial charge in [-0.2, -0.15) is 0 Å². The van der Waals surface area contributed by atoms with Crippen molar-refractivity contribution in [2.24, 2.45) is 7.05 Å². The van der Waals surface area contributed by atoms with Gasteiger partial charge in [0.05, 0.1) is 18.9 Å². The maximum absolute atomic E-state index is 12.1. The average molecular weight is 273 g/mol. The van der Waals surface area contributed by atoms with Crippen LogP contribution in [0.4, 0.5) is 5.69 Å². The van der Waals surface area contributed by atoms with Crippen molar-refractivity contribution in [2.45, 2.75) is 18.8 Å². The van der Waals surface area contributed by atoms with Crippen LogP contribution in [-0.2, 0) is 7.05 Å². The second-order valence-electron chi connectivity index (χ2n) is 4.78. The number of rotatable bonds is 4. The second kappa shape index (κ2) is 4.92. The molecule has 1 N–H and O–H groups in total. The van der Waals surface area contributed by atoms with Gasteiger partial charge < -0.3 is 10.1 Å². The maximum atomic E-state index is 12.1. The standard InChI is InChI=1S/C13H15N5O2/c1-18-7-10(13(17-18)20-2)16-12(19)9-5-14-11(15-6-9)8-3-4-8/h5-8H,3-4H2,1-2H3,(H,16,19). The lowest BCUT2D eigenvalue weighted by atomic mass is 10.3. The van der Waals surface area contributed by atoms with E-state index in [-0.39, 0.29) is 5.91 Å². The molecule has 2 aromatic heterocycles. The van der Waals surface area contributed by atoms with Crippen LogP contribution >= 0.6 is 0 Å². The van der Waals surface area contributed by atoms with Crippen LogP contribution in [0.25, 0.3) is 0 Å². The van der Waals surface area contributed by atoms with E-state index in [1.807, 2.05) is 0 Å². The summed E-state index contributed by atoms with van der Waals surface area (Å²) < 4.78 is 6.65. The van der Waals surface area contributed by atoms with E-state index in [0.29, 0.717) is 23.0 Å². The molecule has 1 aliphatic rings. The first-order chi connectivity index (χ1) is 9.67. The predicted octanol–water partition coefficient (Wildman–Crippen LogP) is 1.35. The van der Waals surface area contributed by atoms with Crippen molar-refractivity contribution in [2.75, 3.05) is 12.4 Å². The fourth-order valence-electron chi connectivity index (χ4n) is 1.91. The minimum absolute atomic E-state index is 0.279. The zero-order valence-electron chi connectivity index (χ0n) is 11.3. The van der Waals surface area contributed by atoms with Crippen molar-refractivity contribution in [1.82, 2.24) is 19.7 Å². The van der Waals surface area contributed by atoms with E-state index >= 15 is 0 Å². The maximum Gasteiger partial charge on any atom is 0.258 e. The summed E-state index contributed by atoms with van der Waals surface area (Å²) in [7, 11) is 3.26. The number of aryl methyl sites for hydroxylation is 1. The zero-order chi connectivity index (χ0) is 14.1. The molecule has 7 heteroatoms. The third-order valence-electron chi connectivity index (χ3n) is 3.11. The molecule has 0 radical (unpaired) electrons. The number of aromatic nitrogens is 4. The molecule has 0 unspecified atom stereocenters. The average Bonchev–Trinajstić information content (AvgIpc) is 3.23. The highest BCUT2D eigenvalue weighted by atomic mass is 16.5. The van der Waals surface area contributed by atoms with Gasteiger partial charge in [0, 0.05) is 25.4 Å². The molecule has 7 nitrogen and oxygen atoms in total. The summed E-state index contributed by atoms with van der Waals surface area (Å²) in [6.07, 6.45) is 7.06. The lowest BCUT2D eigenvalue weighted by Gasteiger charge is -2.04. The number of nitrogens with one attached hydrogen (secondary N) is 1. The van der Waals surface area contributed by atoms with Gasteiger partial charge >= 0.3 is 0 Å². The van der Waals surface area contributed by atoms with Crippen LogP contribution in [0.3, 0.4) is 0 Å². The topological polar surface area (TPSA) is 81.9 Å². The zero-order valence-corrected chi connectivity index (χ0v) is 11.3. The van der Waals surface area contributed by atoms with Crippen molar-refractivity contribution >= 4 is 11.6 Å². The number of methoxy groups -OCH3 is 1. The van der Waals surface area contributed by atoms with Gasteiger partial charge in [0.2, 0.25) is 0 Å². The Morgan fingerprint density at radius 1 is 1.40 bits per heavy atom. The van der Waals surface area contributed by atoms with E-state index in [1.54, 1.807) is 30.3 Å². The fraction of sp³-hybridized carbons (Fsp3) is 0.385. The summed E-state index contributed by atoms with van der Waals surface area (Å²) >= 11 is 0. The number of anilines is 1. The SMILES string of the molecule is COc1nn(C)cc1NC(=O)c1cnc(C2CC2)nc1. The number of carbonyl (C=O) groups is 1. The third-order valence-corrected chi connectivity index (χ3v) is 3.11. The molecule has 0 bridgehead atoms. The quantitative estimate of drug-likeness (QED) is 0.909. The Labute approximate surface area is 116 Å². The Hall–Kier alpha value is -2.44. The minimum Gasteiger partial charge on any atom is -0.478 e. The first kappa shape index (κ1) is 12.6. The van der Waals surface area contributed by atoms with Crippen LogP contribution < -0.4 is 10.1 Å². The molecular weight excluding hydrogens is 258 g/mol. The molecule has 3 rings (SSSR count). The van der Waals surface area contributed by atoms with Crippen LogP contribution in [0.15, 0.2) is 18.6 Å². The summed E-state index contributed by atoms with van der Waals surface area (Å²) in [5.41, 5.74) is 0.937. The normalized spacial score (nSPS) is 14.1. The van der Waals surface area contributed by atoms with Crippen molar-refractivity contribution in [3.05, 3.63) is 30.0 Å². The second-order valence-corrected chi connectivity index (χ2v) is 4.78. The predicted molar refractivity (Wildman–Crippen MR) is 71.7 cm³/mol. The minimum atomic E-state index is -0.279. The van der Waals surface area contributed by atoms with Crippen LogP contribution in [0, 0.1) is 0 Å². The van der Waals surface area contributed by atoms with E-state index in [9.17, 15) is 4.79 Å². The molecule has 0 spiro atoms. The van der Waals surface area contributed by atoms with E-state index in [2.05, 4.69) is 20.4 Å². The van der Waals surface area contributed by atoms with Gasteiger partial charge in [-0.25, -0.2) is 9.97 Å². The fourth-order valence-corrected chi connectivity index (χ4v) is 1.91. The molecule has 0 saturated heterocycles. The number of amides is 1. The molecule has 0 atom stereocenters. The van der Waals surface area contributed by atoms with Crippen LogP contribution in [-0.4, -0.2) is 32.8 Å². The highest BCUT2D eigenvalue weighted by Crippen LogP contribution is 2.37. The van der Waals surface area contributed by atoms with Crippen molar-refractivity contribution in [1.29, 1.82) is 0 Å². The molecule has 0 aromatic carbocycles. The van der Waals surface area contributed by atoms with Crippen molar-refractivity contribution in [3.63, 3.8) is 0 Å². The first-order valence-corrected chi connectivity index (χ1v) is 6.38. The summed E-state index contributed by atoms with van der Waals surface area (Å²) in [4.78, 5) is 20.6. The number of nitrogens with zero attached hydrogens (tertiary/aromatic N) is 4. The molecule has 20 heavy (non-hydrogen) atoms. The van der Waals surface area contributed by atoms with Gasteiger partial charge in [0.15, 0.2) is 0 Å². The van der Waals surface area contributed by atoms with Crippen molar-refractivity contribution in [3.8, 4) is 5.88 Å². The Bertz CT molecular complexity index is 631. The van der Waals surface area contributed by atoms with Gasteiger partial charge in [-0.3, -0.25) is 9.48 Å². The molecule has 1 aliphatic carbocycles. The molecule has 104 valence electrons. The van der Waals surface area contributed by atoms with Gasteiger partial charge in [-0.05, 0) is 12.8 Å². The van der Waals surface area contributed by atoms with Crippen molar-refractivity contribution < 1.29 is 9.53 Å². The molecule has 2 aromatic rings. The Morgan fingerprint density at radius 3 is 2.70 bits per heavy atom. The highest BCUT2D eigenvalue weighted by molar-refractivity contribution is 6.04. The van der Waals surface area contributed by atoms with E-state index in [1.165, 1.54) is 7.11 Å². The Balaban J connectivity index is 1.74. The molecule has 1 amide bonds. The monoisotopic (exact) mass is 273 g/mol. The summed E-state index contributed by atoms with van der Waals surface area (Å²) in [6.45, 7) is 0. The van der Waals surface area contributed by atoms with Crippen LogP contribution in [0.5, 0.6) is 5.88 Å². The van der Waals surface area contributed by atoms with Crippen LogP contribution in [0.2, 0.25) is 0 Å². The summed E-state index contributed by atoms with van der Waals surface area (Å²) in [6, 6.07) is 0. The molecular formula is C13H15N5O2. The molecule has 1 fully saturated rings. The number of hydrogen-bond acceptors (Lipinski definition) is 5.